The van der Waals surface area contributed by atoms with Gasteiger partial charge in [-0.2, -0.15) is 0 Å². The molecule has 0 N–H and O–H groups in total. The highest BCUT2D eigenvalue weighted by Gasteiger charge is 2.37. The monoisotopic (exact) mass is 443 g/mol. The fourth-order valence-electron chi connectivity index (χ4n) is 3.77. The summed E-state index contributed by atoms with van der Waals surface area (Å²) in [6.07, 6.45) is 3.98. The molecule has 4 aromatic carbocycles. The molecule has 1 aliphatic heterocycles. The van der Waals surface area contributed by atoms with Crippen molar-refractivity contribution >= 4 is 44.3 Å². The molecule has 154 valence electrons. The Morgan fingerprint density at radius 2 is 1.55 bits per heavy atom. The minimum atomic E-state index is -3.70. The van der Waals surface area contributed by atoms with Crippen LogP contribution in [0.3, 0.4) is 0 Å². The number of fused-ring (bicyclic) bond motifs is 2. The predicted molar refractivity (Wildman–Crippen MR) is 130 cm³/mol. The average molecular weight is 444 g/mol. The van der Waals surface area contributed by atoms with E-state index in [9.17, 15) is 8.42 Å². The minimum Gasteiger partial charge on any atom is -0.248 e. The van der Waals surface area contributed by atoms with Crippen molar-refractivity contribution in [2.75, 3.05) is 4.31 Å². The molecule has 0 spiro atoms. The van der Waals surface area contributed by atoms with Crippen molar-refractivity contribution in [2.24, 2.45) is 0 Å². The van der Waals surface area contributed by atoms with E-state index in [1.807, 2.05) is 67.6 Å². The summed E-state index contributed by atoms with van der Waals surface area (Å²) in [5.74, 6) is 0. The highest BCUT2D eigenvalue weighted by Crippen LogP contribution is 2.46. The van der Waals surface area contributed by atoms with E-state index in [0.29, 0.717) is 4.90 Å². The molecule has 1 heterocycles. The Hall–Kier alpha value is -3.02. The number of anilines is 1. The molecule has 5 rings (SSSR count). The first-order chi connectivity index (χ1) is 15.0. The molecule has 0 aliphatic carbocycles. The summed E-state index contributed by atoms with van der Waals surface area (Å²) in [5.41, 5.74) is 2.80. The quantitative estimate of drug-likeness (QED) is 0.362. The van der Waals surface area contributed by atoms with Crippen LogP contribution in [0, 0.1) is 6.92 Å². The van der Waals surface area contributed by atoms with Crippen molar-refractivity contribution in [3.63, 3.8) is 0 Å². The first-order valence-electron chi connectivity index (χ1n) is 10.1. The second kappa shape index (κ2) is 7.91. The molecule has 4 aromatic rings. The Morgan fingerprint density at radius 3 is 2.35 bits per heavy atom. The second-order valence-corrected chi connectivity index (χ2v) is 10.5. The van der Waals surface area contributed by atoms with Crippen molar-refractivity contribution in [1.82, 2.24) is 0 Å². The lowest BCUT2D eigenvalue weighted by molar-refractivity contribution is 0.592. The van der Waals surface area contributed by atoms with Crippen molar-refractivity contribution in [3.8, 4) is 0 Å². The number of nitrogens with zero attached hydrogens (tertiary/aromatic N) is 1. The van der Waals surface area contributed by atoms with Crippen molar-refractivity contribution < 1.29 is 8.42 Å². The Labute approximate surface area is 187 Å². The largest absolute Gasteiger partial charge is 0.265 e. The molecule has 0 saturated carbocycles. The normalized spacial score (nSPS) is 16.2. The van der Waals surface area contributed by atoms with Gasteiger partial charge in [0.2, 0.25) is 0 Å². The van der Waals surface area contributed by atoms with Crippen LogP contribution >= 0.6 is 11.8 Å². The van der Waals surface area contributed by atoms with Crippen molar-refractivity contribution in [3.05, 3.63) is 108 Å². The van der Waals surface area contributed by atoms with Gasteiger partial charge in [-0.15, -0.1) is 0 Å². The Kier molecular flexibility index (Phi) is 5.08. The predicted octanol–water partition coefficient (Wildman–Crippen LogP) is 6.49. The molecule has 5 heteroatoms. The van der Waals surface area contributed by atoms with Crippen molar-refractivity contribution in [1.29, 1.82) is 0 Å². The van der Waals surface area contributed by atoms with Gasteiger partial charge in [0, 0.05) is 4.90 Å². The van der Waals surface area contributed by atoms with Crippen LogP contribution in [0.5, 0.6) is 0 Å². The summed E-state index contributed by atoms with van der Waals surface area (Å²) in [6.45, 7) is 1.95. The molecule has 0 fully saturated rings. The van der Waals surface area contributed by atoms with E-state index < -0.39 is 10.0 Å². The minimum absolute atomic E-state index is 0.305. The van der Waals surface area contributed by atoms with Gasteiger partial charge < -0.3 is 0 Å². The van der Waals surface area contributed by atoms with E-state index in [0.717, 1.165) is 27.1 Å². The molecular formula is C26H21NO2S2. The van der Waals surface area contributed by atoms with Gasteiger partial charge in [0.1, 0.15) is 5.37 Å². The number of benzene rings is 4. The molecule has 0 aromatic heterocycles. The molecule has 3 nitrogen and oxygen atoms in total. The van der Waals surface area contributed by atoms with E-state index >= 15 is 0 Å². The summed E-state index contributed by atoms with van der Waals surface area (Å²) >= 11 is 1.55. The van der Waals surface area contributed by atoms with Gasteiger partial charge in [-0.3, -0.25) is 0 Å². The standard InChI is InChI=1S/C26H21NO2S2/c1-19-10-15-23(16-11-19)31(28,29)27-24-8-4-5-9-25(24)30-26(27)17-13-20-12-14-21-6-2-3-7-22(21)18-20/h2-18,26H,1H3/b17-13+. The molecule has 0 amide bonds. The first kappa shape index (κ1) is 19.9. The van der Waals surface area contributed by atoms with Gasteiger partial charge >= 0.3 is 0 Å². The van der Waals surface area contributed by atoms with Crippen LogP contribution in [-0.4, -0.2) is 13.8 Å². The van der Waals surface area contributed by atoms with Gasteiger partial charge in [0.15, 0.2) is 0 Å². The molecule has 0 bridgehead atoms. The summed E-state index contributed by atoms with van der Waals surface area (Å²) in [6, 6.07) is 29.2. The lowest BCUT2D eigenvalue weighted by Crippen LogP contribution is -2.34. The fourth-order valence-corrected chi connectivity index (χ4v) is 6.83. The smallest absolute Gasteiger partial charge is 0.248 e. The zero-order valence-electron chi connectivity index (χ0n) is 17.0. The second-order valence-electron chi connectivity index (χ2n) is 7.56. The molecule has 0 radical (unpaired) electrons. The lowest BCUT2D eigenvalue weighted by Gasteiger charge is -2.24. The number of para-hydroxylation sites is 1. The third-order valence-corrected chi connectivity index (χ3v) is 8.54. The van der Waals surface area contributed by atoms with Crippen LogP contribution in [0.1, 0.15) is 11.1 Å². The number of hydrogen-bond donors (Lipinski definition) is 0. The molecule has 1 atom stereocenters. The number of sulfonamides is 1. The van der Waals surface area contributed by atoms with Gasteiger partial charge in [-0.1, -0.05) is 84.1 Å². The van der Waals surface area contributed by atoms with Crippen LogP contribution in [0.2, 0.25) is 0 Å². The summed E-state index contributed by atoms with van der Waals surface area (Å²) < 4.78 is 28.7. The third-order valence-electron chi connectivity index (χ3n) is 5.39. The van der Waals surface area contributed by atoms with E-state index in [1.54, 1.807) is 23.9 Å². The van der Waals surface area contributed by atoms with E-state index in [-0.39, 0.29) is 5.37 Å². The number of rotatable bonds is 4. The van der Waals surface area contributed by atoms with Crippen LogP contribution in [-0.2, 0) is 10.0 Å². The van der Waals surface area contributed by atoms with Crippen LogP contribution in [0.4, 0.5) is 5.69 Å². The van der Waals surface area contributed by atoms with E-state index in [1.165, 1.54) is 9.69 Å². The molecule has 1 unspecified atom stereocenters. The maximum atomic E-state index is 13.6. The van der Waals surface area contributed by atoms with Crippen LogP contribution in [0.25, 0.3) is 16.8 Å². The number of aryl methyl sites for hydroxylation is 1. The van der Waals surface area contributed by atoms with E-state index in [2.05, 4.69) is 30.3 Å². The Morgan fingerprint density at radius 1 is 0.839 bits per heavy atom. The zero-order chi connectivity index (χ0) is 21.4. The SMILES string of the molecule is Cc1ccc(S(=O)(=O)N2c3ccccc3SC2/C=C/c2ccc3ccccc3c2)cc1. The molecule has 31 heavy (non-hydrogen) atoms. The van der Waals surface area contributed by atoms with Crippen LogP contribution < -0.4 is 4.31 Å². The van der Waals surface area contributed by atoms with Crippen molar-refractivity contribution in [2.45, 2.75) is 22.1 Å². The summed E-state index contributed by atoms with van der Waals surface area (Å²) in [7, 11) is -3.70. The van der Waals surface area contributed by atoms with Gasteiger partial charge in [-0.05, 0) is 59.7 Å². The zero-order valence-corrected chi connectivity index (χ0v) is 18.6. The highest BCUT2D eigenvalue weighted by molar-refractivity contribution is 8.03. The van der Waals surface area contributed by atoms with Crippen LogP contribution in [0.15, 0.2) is 107 Å². The number of thioether (sulfide) groups is 1. The number of hydrogen-bond acceptors (Lipinski definition) is 3. The topological polar surface area (TPSA) is 37.4 Å². The maximum absolute atomic E-state index is 13.6. The summed E-state index contributed by atoms with van der Waals surface area (Å²) in [5, 5.41) is 2.00. The summed E-state index contributed by atoms with van der Waals surface area (Å²) in [4.78, 5) is 1.27. The fraction of sp³-hybridized carbons (Fsp3) is 0.0769. The van der Waals surface area contributed by atoms with Gasteiger partial charge in [0.05, 0.1) is 10.6 Å². The Bertz CT molecular complexity index is 1390. The van der Waals surface area contributed by atoms with E-state index in [4.69, 9.17) is 0 Å². The highest BCUT2D eigenvalue weighted by atomic mass is 32.2. The van der Waals surface area contributed by atoms with Gasteiger partial charge in [-0.25, -0.2) is 12.7 Å². The third kappa shape index (κ3) is 3.75. The molecular weight excluding hydrogens is 422 g/mol. The molecule has 0 saturated heterocycles. The first-order valence-corrected chi connectivity index (χ1v) is 12.4. The Balaban J connectivity index is 1.53. The van der Waals surface area contributed by atoms with Gasteiger partial charge in [0.25, 0.3) is 10.0 Å². The lowest BCUT2D eigenvalue weighted by atomic mass is 10.1. The average Bonchev–Trinajstić information content (AvgIpc) is 3.17. The maximum Gasteiger partial charge on any atom is 0.265 e. The molecule has 1 aliphatic rings.